The maximum Gasteiger partial charge on any atom is 0.408 e. The predicted molar refractivity (Wildman–Crippen MR) is 87.8 cm³/mol. The van der Waals surface area contributed by atoms with Gasteiger partial charge in [0.2, 0.25) is 5.91 Å². The average molecular weight is 373 g/mol. The minimum Gasteiger partial charge on any atom is -0.465 e. The molecule has 3 rings (SSSR count). The van der Waals surface area contributed by atoms with Crippen LogP contribution in [-0.2, 0) is 4.79 Å². The number of rotatable bonds is 2. The Hall–Kier alpha value is -1.89. The zero-order valence-electron chi connectivity index (χ0n) is 13.7. The van der Waals surface area contributed by atoms with Gasteiger partial charge < -0.3 is 10.0 Å². The van der Waals surface area contributed by atoms with Crippen molar-refractivity contribution in [2.24, 2.45) is 5.92 Å². The molecule has 2 fully saturated rings. The first-order valence-electron chi connectivity index (χ1n) is 8.14. The van der Waals surface area contributed by atoms with E-state index < -0.39 is 30.5 Å². The first-order valence-corrected chi connectivity index (χ1v) is 8.52. The van der Waals surface area contributed by atoms with E-state index in [0.29, 0.717) is 18.0 Å². The highest BCUT2D eigenvalue weighted by Gasteiger charge is 2.54. The predicted octanol–water partition coefficient (Wildman–Crippen LogP) is 3.64. The second-order valence-electron chi connectivity index (χ2n) is 6.73. The lowest BCUT2D eigenvalue weighted by Gasteiger charge is -2.45. The van der Waals surface area contributed by atoms with E-state index in [1.165, 1.54) is 29.2 Å². The van der Waals surface area contributed by atoms with Gasteiger partial charge in [0.25, 0.3) is 5.92 Å². The lowest BCUT2D eigenvalue weighted by atomic mass is 9.88. The zero-order valence-corrected chi connectivity index (χ0v) is 14.4. The molecule has 0 radical (unpaired) electrons. The number of alkyl halides is 2. The van der Waals surface area contributed by atoms with Crippen molar-refractivity contribution in [3.05, 3.63) is 34.9 Å². The average Bonchev–Trinajstić information content (AvgIpc) is 2.86. The molecule has 0 bridgehead atoms. The van der Waals surface area contributed by atoms with Crippen molar-refractivity contribution in [3.8, 4) is 0 Å². The monoisotopic (exact) mass is 372 g/mol. The molecule has 3 atom stereocenters. The maximum atomic E-state index is 14.9. The van der Waals surface area contributed by atoms with E-state index in [-0.39, 0.29) is 23.9 Å². The molecular weight excluding hydrogens is 354 g/mol. The first kappa shape index (κ1) is 17.9. The molecule has 0 spiro atoms. The molecule has 5 nitrogen and oxygen atoms in total. The molecule has 0 saturated carbocycles. The van der Waals surface area contributed by atoms with Crippen LogP contribution in [0.4, 0.5) is 13.6 Å². The number of carboxylic acid groups (broad SMARTS) is 1. The van der Waals surface area contributed by atoms with Gasteiger partial charge in [0.05, 0.1) is 6.04 Å². The largest absolute Gasteiger partial charge is 0.465 e. The van der Waals surface area contributed by atoms with Gasteiger partial charge in [0.1, 0.15) is 6.04 Å². The van der Waals surface area contributed by atoms with E-state index in [1.54, 1.807) is 6.92 Å². The van der Waals surface area contributed by atoms with Crippen LogP contribution in [0.3, 0.4) is 0 Å². The highest BCUT2D eigenvalue weighted by molar-refractivity contribution is 6.30. The molecule has 1 aromatic rings. The summed E-state index contributed by atoms with van der Waals surface area (Å²) in [6.07, 6.45) is -1.37. The SMILES string of the molecule is CC1CCN([C@H]2CN(C(=O)O)C(c3ccc(Cl)cc3)C(F)(F)C2)C1=O. The molecule has 1 N–H and O–H groups in total. The van der Waals surface area contributed by atoms with Gasteiger partial charge >= 0.3 is 6.09 Å². The molecule has 2 aliphatic rings. The quantitative estimate of drug-likeness (QED) is 0.862. The minimum atomic E-state index is -3.29. The second kappa shape index (κ2) is 6.44. The summed E-state index contributed by atoms with van der Waals surface area (Å²) in [5, 5.41) is 9.89. The lowest BCUT2D eigenvalue weighted by molar-refractivity contribution is -0.147. The molecule has 2 amide bonds. The van der Waals surface area contributed by atoms with Gasteiger partial charge in [-0.1, -0.05) is 30.7 Å². The Bertz CT molecular complexity index is 683. The van der Waals surface area contributed by atoms with Crippen LogP contribution in [-0.4, -0.2) is 52.0 Å². The normalized spacial score (nSPS) is 29.1. The Kier molecular flexibility index (Phi) is 4.62. The standard InChI is InChI=1S/C17H19ClF2N2O3/c1-10-6-7-21(15(10)23)13-8-17(19,20)14(22(9-13)16(24)25)11-2-4-12(18)5-3-11/h2-5,10,13-14H,6-9H2,1H3,(H,24,25)/t10?,13-,14?/m1/s1. The topological polar surface area (TPSA) is 60.9 Å². The summed E-state index contributed by atoms with van der Waals surface area (Å²) in [6, 6.07) is 3.36. The smallest absolute Gasteiger partial charge is 0.408 e. The van der Waals surface area contributed by atoms with Gasteiger partial charge in [-0.25, -0.2) is 13.6 Å². The molecule has 1 aromatic carbocycles. The molecule has 2 saturated heterocycles. The van der Waals surface area contributed by atoms with E-state index in [9.17, 15) is 23.5 Å². The number of carbonyl (C=O) groups is 2. The summed E-state index contributed by atoms with van der Waals surface area (Å²) in [7, 11) is 0. The number of amides is 2. The van der Waals surface area contributed by atoms with Crippen molar-refractivity contribution in [1.82, 2.24) is 9.80 Å². The molecule has 2 aliphatic heterocycles. The molecule has 8 heteroatoms. The number of hydrogen-bond donors (Lipinski definition) is 1. The summed E-state index contributed by atoms with van der Waals surface area (Å²) in [4.78, 5) is 26.0. The van der Waals surface area contributed by atoms with Crippen molar-refractivity contribution in [3.63, 3.8) is 0 Å². The maximum absolute atomic E-state index is 14.9. The van der Waals surface area contributed by atoms with Crippen LogP contribution in [0.25, 0.3) is 0 Å². The number of benzene rings is 1. The van der Waals surface area contributed by atoms with Crippen molar-refractivity contribution in [1.29, 1.82) is 0 Å². The second-order valence-corrected chi connectivity index (χ2v) is 7.17. The van der Waals surface area contributed by atoms with Crippen LogP contribution in [0.15, 0.2) is 24.3 Å². The Morgan fingerprint density at radius 2 is 1.96 bits per heavy atom. The van der Waals surface area contributed by atoms with Crippen molar-refractivity contribution >= 4 is 23.6 Å². The Labute approximate surface area is 149 Å². The molecular formula is C17H19ClF2N2O3. The zero-order chi connectivity index (χ0) is 18.4. The number of hydrogen-bond acceptors (Lipinski definition) is 2. The van der Waals surface area contributed by atoms with Crippen LogP contribution in [0, 0.1) is 5.92 Å². The fraction of sp³-hybridized carbons (Fsp3) is 0.529. The number of piperidine rings is 1. The van der Waals surface area contributed by atoms with Gasteiger partial charge in [0, 0.05) is 30.5 Å². The van der Waals surface area contributed by atoms with E-state index in [4.69, 9.17) is 11.6 Å². The van der Waals surface area contributed by atoms with Gasteiger partial charge in [-0.2, -0.15) is 0 Å². The Morgan fingerprint density at radius 3 is 2.48 bits per heavy atom. The lowest BCUT2D eigenvalue weighted by Crippen LogP contribution is -2.58. The van der Waals surface area contributed by atoms with Crippen LogP contribution in [0.5, 0.6) is 0 Å². The van der Waals surface area contributed by atoms with Crippen LogP contribution in [0.1, 0.15) is 31.4 Å². The van der Waals surface area contributed by atoms with Crippen LogP contribution in [0.2, 0.25) is 5.02 Å². The summed E-state index contributed by atoms with van der Waals surface area (Å²) >= 11 is 5.80. The highest BCUT2D eigenvalue weighted by atomic mass is 35.5. The molecule has 2 unspecified atom stereocenters. The third kappa shape index (κ3) is 3.29. The van der Waals surface area contributed by atoms with Gasteiger partial charge in [-0.15, -0.1) is 0 Å². The van der Waals surface area contributed by atoms with Gasteiger partial charge in [0.15, 0.2) is 0 Å². The van der Waals surface area contributed by atoms with Crippen LogP contribution < -0.4 is 0 Å². The van der Waals surface area contributed by atoms with E-state index >= 15 is 0 Å². The third-order valence-electron chi connectivity index (χ3n) is 5.01. The fourth-order valence-corrected chi connectivity index (χ4v) is 3.85. The Balaban J connectivity index is 1.92. The Morgan fingerprint density at radius 1 is 1.32 bits per heavy atom. The van der Waals surface area contributed by atoms with E-state index in [2.05, 4.69) is 0 Å². The third-order valence-corrected chi connectivity index (χ3v) is 5.26. The number of nitrogens with zero attached hydrogens (tertiary/aromatic N) is 2. The van der Waals surface area contributed by atoms with Crippen molar-refractivity contribution in [2.75, 3.05) is 13.1 Å². The molecule has 136 valence electrons. The van der Waals surface area contributed by atoms with Crippen LogP contribution >= 0.6 is 11.6 Å². The fourth-order valence-electron chi connectivity index (χ4n) is 3.73. The van der Waals surface area contributed by atoms with Crippen molar-refractivity contribution in [2.45, 2.75) is 37.8 Å². The molecule has 0 aromatic heterocycles. The minimum absolute atomic E-state index is 0.128. The molecule has 2 heterocycles. The van der Waals surface area contributed by atoms with Gasteiger partial charge in [-0.3, -0.25) is 9.69 Å². The summed E-state index contributed by atoms with van der Waals surface area (Å²) in [6.45, 7) is 2.02. The summed E-state index contributed by atoms with van der Waals surface area (Å²) in [5.41, 5.74) is 0.191. The van der Waals surface area contributed by atoms with Gasteiger partial charge in [-0.05, 0) is 24.1 Å². The molecule has 25 heavy (non-hydrogen) atoms. The summed E-state index contributed by atoms with van der Waals surface area (Å²) < 4.78 is 29.8. The first-order chi connectivity index (χ1) is 11.7. The number of likely N-dealkylation sites (tertiary alicyclic amines) is 2. The van der Waals surface area contributed by atoms with Crippen molar-refractivity contribution < 1.29 is 23.5 Å². The summed E-state index contributed by atoms with van der Waals surface area (Å²) in [5.74, 6) is -3.68. The van der Waals surface area contributed by atoms with E-state index in [0.717, 1.165) is 4.90 Å². The molecule has 0 aliphatic carbocycles. The number of halogens is 3. The number of carbonyl (C=O) groups excluding carboxylic acids is 1. The van der Waals surface area contributed by atoms with E-state index in [1.807, 2.05) is 0 Å². The highest BCUT2D eigenvalue weighted by Crippen LogP contribution is 2.45.